The number of hydrogen-bond acceptors (Lipinski definition) is 4. The van der Waals surface area contributed by atoms with E-state index in [0.29, 0.717) is 6.10 Å². The molecule has 0 saturated carbocycles. The topological polar surface area (TPSA) is 15.7 Å². The number of unbranched alkanes of at least 4 members (excludes halogenated alkanes) is 1. The van der Waals surface area contributed by atoms with Gasteiger partial charge in [0.25, 0.3) is 0 Å². The summed E-state index contributed by atoms with van der Waals surface area (Å²) in [7, 11) is 4.41. The summed E-state index contributed by atoms with van der Waals surface area (Å²) in [4.78, 5) is 8.12. The molecule has 4 rings (SSSR count). The minimum Gasteiger partial charge on any atom is -0.370 e. The number of nitrogens with zero attached hydrogens (tertiary/aromatic N) is 2. The molecule has 0 aliphatic carbocycles. The standard InChI is InChI=1S/C20H32N2OS/c1-4-5-6-15-7-8-16(24-15)11-22-13-18-17(12-21(2)3)19-9-10-20(18,14-22)23-19/h7-8,17-19H,4-6,9-14H2,1-3H3/t17-,18+,19+,20+/m0/s1. The number of hydrogen-bond donors (Lipinski definition) is 0. The fraction of sp³-hybridized carbons (Fsp3) is 0.800. The number of aryl methyl sites for hydroxylation is 1. The maximum Gasteiger partial charge on any atom is 0.0858 e. The highest BCUT2D eigenvalue weighted by Crippen LogP contribution is 2.55. The molecule has 3 aliphatic rings. The molecule has 2 bridgehead atoms. The third-order valence-corrected chi connectivity index (χ3v) is 7.43. The van der Waals surface area contributed by atoms with E-state index in [0.717, 1.165) is 24.9 Å². The van der Waals surface area contributed by atoms with Crippen LogP contribution in [0.5, 0.6) is 0 Å². The molecule has 0 aromatic carbocycles. The summed E-state index contributed by atoms with van der Waals surface area (Å²) < 4.78 is 6.56. The molecule has 3 nitrogen and oxygen atoms in total. The third-order valence-electron chi connectivity index (χ3n) is 6.30. The van der Waals surface area contributed by atoms with Crippen LogP contribution in [0.2, 0.25) is 0 Å². The lowest BCUT2D eigenvalue weighted by Gasteiger charge is -2.31. The van der Waals surface area contributed by atoms with Gasteiger partial charge < -0.3 is 9.64 Å². The maximum atomic E-state index is 6.56. The van der Waals surface area contributed by atoms with Crippen molar-refractivity contribution in [3.63, 3.8) is 0 Å². The largest absolute Gasteiger partial charge is 0.370 e. The Hall–Kier alpha value is -0.420. The Morgan fingerprint density at radius 3 is 2.96 bits per heavy atom. The van der Waals surface area contributed by atoms with E-state index in [4.69, 9.17) is 4.74 Å². The van der Waals surface area contributed by atoms with Crippen LogP contribution in [0, 0.1) is 11.8 Å². The number of fused-ring (bicyclic) bond motifs is 1. The van der Waals surface area contributed by atoms with Gasteiger partial charge in [-0.3, -0.25) is 4.90 Å². The second-order valence-electron chi connectivity index (χ2n) is 8.43. The lowest BCUT2D eigenvalue weighted by atomic mass is 9.73. The average molecular weight is 349 g/mol. The molecule has 0 radical (unpaired) electrons. The van der Waals surface area contributed by atoms with E-state index >= 15 is 0 Å². The van der Waals surface area contributed by atoms with Crippen molar-refractivity contribution in [1.82, 2.24) is 9.80 Å². The summed E-state index contributed by atoms with van der Waals surface area (Å²) in [6, 6.07) is 4.71. The highest BCUT2D eigenvalue weighted by atomic mass is 32.1. The Kier molecular flexibility index (Phi) is 4.76. The zero-order valence-electron chi connectivity index (χ0n) is 15.5. The first-order chi connectivity index (χ1) is 11.6. The van der Waals surface area contributed by atoms with Crippen molar-refractivity contribution < 1.29 is 4.74 Å². The van der Waals surface area contributed by atoms with E-state index in [1.54, 1.807) is 4.88 Å². The van der Waals surface area contributed by atoms with Crippen LogP contribution < -0.4 is 0 Å². The smallest absolute Gasteiger partial charge is 0.0858 e. The molecular formula is C20H32N2OS. The van der Waals surface area contributed by atoms with Gasteiger partial charge in [0.05, 0.1) is 11.7 Å². The number of rotatable bonds is 7. The van der Waals surface area contributed by atoms with Gasteiger partial charge in [0, 0.05) is 47.8 Å². The molecule has 1 spiro atoms. The molecule has 4 heterocycles. The minimum atomic E-state index is 0.188. The molecular weight excluding hydrogens is 316 g/mol. The summed E-state index contributed by atoms with van der Waals surface area (Å²) >= 11 is 2.03. The number of likely N-dealkylation sites (tertiary alicyclic amines) is 1. The van der Waals surface area contributed by atoms with E-state index in [9.17, 15) is 0 Å². The highest BCUT2D eigenvalue weighted by molar-refractivity contribution is 7.11. The van der Waals surface area contributed by atoms with Crippen molar-refractivity contribution >= 4 is 11.3 Å². The average Bonchev–Trinajstić information content (AvgIpc) is 3.27. The zero-order chi connectivity index (χ0) is 16.7. The Labute approximate surface area is 151 Å². The van der Waals surface area contributed by atoms with Gasteiger partial charge in [-0.05, 0) is 51.9 Å². The van der Waals surface area contributed by atoms with Crippen molar-refractivity contribution in [3.8, 4) is 0 Å². The Balaban J connectivity index is 1.40. The van der Waals surface area contributed by atoms with E-state index in [1.807, 2.05) is 11.3 Å². The lowest BCUT2D eigenvalue weighted by Crippen LogP contribution is -2.40. The molecule has 4 heteroatoms. The summed E-state index contributed by atoms with van der Waals surface area (Å²) in [5.41, 5.74) is 0.188. The maximum absolute atomic E-state index is 6.56. The van der Waals surface area contributed by atoms with Crippen molar-refractivity contribution in [3.05, 3.63) is 21.9 Å². The SMILES string of the molecule is CCCCc1ccc(CN2C[C@@H]3[C@H](CN(C)C)[C@H]4CC[C@]3(C2)O4)s1. The Bertz CT molecular complexity index is 572. The first-order valence-corrected chi connectivity index (χ1v) is 10.5. The molecule has 1 aromatic rings. The fourth-order valence-corrected chi connectivity index (χ4v) is 6.39. The summed E-state index contributed by atoms with van der Waals surface area (Å²) in [5.74, 6) is 1.49. The van der Waals surface area contributed by atoms with Crippen LogP contribution in [0.3, 0.4) is 0 Å². The molecule has 4 atom stereocenters. The van der Waals surface area contributed by atoms with Gasteiger partial charge in [-0.15, -0.1) is 11.3 Å². The van der Waals surface area contributed by atoms with Crippen LogP contribution in [0.25, 0.3) is 0 Å². The van der Waals surface area contributed by atoms with Gasteiger partial charge in [-0.1, -0.05) is 13.3 Å². The quantitative estimate of drug-likeness (QED) is 0.748. The number of thiophene rings is 1. The second-order valence-corrected chi connectivity index (χ2v) is 9.69. The normalized spacial score (nSPS) is 35.2. The first-order valence-electron chi connectivity index (χ1n) is 9.72. The minimum absolute atomic E-state index is 0.188. The van der Waals surface area contributed by atoms with Crippen LogP contribution in [0.15, 0.2) is 12.1 Å². The van der Waals surface area contributed by atoms with Gasteiger partial charge in [-0.25, -0.2) is 0 Å². The summed E-state index contributed by atoms with van der Waals surface area (Å²) in [6.07, 6.45) is 6.95. The van der Waals surface area contributed by atoms with Gasteiger partial charge in [-0.2, -0.15) is 0 Å². The van der Waals surface area contributed by atoms with Crippen molar-refractivity contribution in [1.29, 1.82) is 0 Å². The van der Waals surface area contributed by atoms with Crippen molar-refractivity contribution in [2.24, 2.45) is 11.8 Å². The molecule has 24 heavy (non-hydrogen) atoms. The molecule has 3 fully saturated rings. The molecule has 3 aliphatic heterocycles. The molecule has 1 aromatic heterocycles. The van der Waals surface area contributed by atoms with Crippen LogP contribution in [-0.2, 0) is 17.7 Å². The van der Waals surface area contributed by atoms with Gasteiger partial charge in [0.15, 0.2) is 0 Å². The molecule has 0 unspecified atom stereocenters. The van der Waals surface area contributed by atoms with Crippen LogP contribution in [-0.4, -0.2) is 55.2 Å². The third kappa shape index (κ3) is 3.07. The van der Waals surface area contributed by atoms with Crippen molar-refractivity contribution in [2.45, 2.75) is 57.3 Å². The van der Waals surface area contributed by atoms with E-state index in [1.165, 1.54) is 50.1 Å². The van der Waals surface area contributed by atoms with Crippen LogP contribution >= 0.6 is 11.3 Å². The Morgan fingerprint density at radius 2 is 2.17 bits per heavy atom. The fourth-order valence-electron chi connectivity index (χ4n) is 5.29. The first kappa shape index (κ1) is 17.0. The van der Waals surface area contributed by atoms with Gasteiger partial charge >= 0.3 is 0 Å². The Morgan fingerprint density at radius 1 is 1.33 bits per heavy atom. The lowest BCUT2D eigenvalue weighted by molar-refractivity contribution is 0.00152. The van der Waals surface area contributed by atoms with Crippen molar-refractivity contribution in [2.75, 3.05) is 33.7 Å². The predicted molar refractivity (Wildman–Crippen MR) is 101 cm³/mol. The van der Waals surface area contributed by atoms with E-state index in [2.05, 4.69) is 43.0 Å². The summed E-state index contributed by atoms with van der Waals surface area (Å²) in [5, 5.41) is 0. The van der Waals surface area contributed by atoms with Gasteiger partial charge in [0.1, 0.15) is 0 Å². The molecule has 3 saturated heterocycles. The summed E-state index contributed by atoms with van der Waals surface area (Å²) in [6.45, 7) is 6.97. The second kappa shape index (κ2) is 6.71. The zero-order valence-corrected chi connectivity index (χ0v) is 16.3. The van der Waals surface area contributed by atoms with Gasteiger partial charge in [0.2, 0.25) is 0 Å². The van der Waals surface area contributed by atoms with Crippen LogP contribution in [0.1, 0.15) is 42.4 Å². The molecule has 134 valence electrons. The van der Waals surface area contributed by atoms with E-state index < -0.39 is 0 Å². The van der Waals surface area contributed by atoms with E-state index in [-0.39, 0.29) is 5.60 Å². The monoisotopic (exact) mass is 348 g/mol. The predicted octanol–water partition coefficient (Wildman–Crippen LogP) is 3.63. The van der Waals surface area contributed by atoms with Crippen LogP contribution in [0.4, 0.5) is 0 Å². The molecule has 0 amide bonds. The number of ether oxygens (including phenoxy) is 1. The highest BCUT2D eigenvalue weighted by Gasteiger charge is 2.62. The molecule has 0 N–H and O–H groups in total.